The summed E-state index contributed by atoms with van der Waals surface area (Å²) in [6, 6.07) is 4.62. The first-order valence-corrected chi connectivity index (χ1v) is 12.6. The lowest BCUT2D eigenvalue weighted by Gasteiger charge is -2.32. The third-order valence-electron chi connectivity index (χ3n) is 6.84. The number of alkyl halides is 2. The van der Waals surface area contributed by atoms with Crippen LogP contribution in [0.1, 0.15) is 57.8 Å². The highest BCUT2D eigenvalue weighted by molar-refractivity contribution is 5.93. The van der Waals surface area contributed by atoms with E-state index in [1.165, 1.54) is 18.2 Å². The summed E-state index contributed by atoms with van der Waals surface area (Å²) in [5.74, 6) is 0.540. The standard InChI is InChI=1S/C28H30F2N6O3/c1-15(2)35-23-12-18(11-19(39-27(29)30)6-5-7-20(31)25(35)37)36-22-10-16(8-9-21(22)34-24(23)36)17-13-32-26(33-14-17)28(3,4)38/h5-11,13-15,18,23,27,38H,12,31H2,1-4H3/b6-5-,19-11-,20-7-/t18-,23+/m0/s1. The number of halogens is 2. The normalized spacial score (nSPS) is 23.3. The van der Waals surface area contributed by atoms with E-state index in [0.29, 0.717) is 23.6 Å². The number of benzene rings is 1. The molecule has 5 rings (SSSR count). The number of aliphatic hydroxyl groups is 1. The largest absolute Gasteiger partial charge is 0.435 e. The average Bonchev–Trinajstić information content (AvgIpc) is 3.39. The summed E-state index contributed by atoms with van der Waals surface area (Å²) in [7, 11) is 0. The number of rotatable bonds is 5. The molecule has 2 bridgehead atoms. The topological polar surface area (TPSA) is 119 Å². The fraction of sp³-hybridized carbons (Fsp3) is 0.357. The van der Waals surface area contributed by atoms with Gasteiger partial charge in [0.05, 0.1) is 28.8 Å². The van der Waals surface area contributed by atoms with E-state index in [2.05, 4.69) is 9.97 Å². The van der Waals surface area contributed by atoms with E-state index in [-0.39, 0.29) is 23.4 Å². The molecule has 3 aromatic rings. The van der Waals surface area contributed by atoms with Gasteiger partial charge in [-0.25, -0.2) is 15.0 Å². The number of nitrogens with zero attached hydrogens (tertiary/aromatic N) is 5. The molecule has 0 spiro atoms. The lowest BCUT2D eigenvalue weighted by molar-refractivity contribution is -0.131. The molecule has 0 fully saturated rings. The number of hydrogen-bond acceptors (Lipinski definition) is 7. The van der Waals surface area contributed by atoms with Crippen molar-refractivity contribution in [3.05, 3.63) is 78.0 Å². The number of carbonyl (C=O) groups is 1. The Morgan fingerprint density at radius 2 is 1.90 bits per heavy atom. The fourth-order valence-corrected chi connectivity index (χ4v) is 5.12. The molecule has 4 heterocycles. The molecule has 0 saturated carbocycles. The van der Waals surface area contributed by atoms with Crippen molar-refractivity contribution in [2.24, 2.45) is 5.73 Å². The zero-order chi connectivity index (χ0) is 28.1. The highest BCUT2D eigenvalue weighted by Crippen LogP contribution is 2.44. The third-order valence-corrected chi connectivity index (χ3v) is 6.84. The summed E-state index contributed by atoms with van der Waals surface area (Å²) in [6.07, 6.45) is 9.51. The molecule has 204 valence electrons. The predicted octanol–water partition coefficient (Wildman–Crippen LogP) is 4.48. The van der Waals surface area contributed by atoms with E-state index < -0.39 is 24.3 Å². The van der Waals surface area contributed by atoms with E-state index >= 15 is 0 Å². The Labute approximate surface area is 224 Å². The zero-order valence-corrected chi connectivity index (χ0v) is 22.0. The molecule has 1 amide bonds. The van der Waals surface area contributed by atoms with Gasteiger partial charge in [-0.2, -0.15) is 8.78 Å². The maximum atomic E-state index is 13.4. The Balaban J connectivity index is 1.67. The first-order chi connectivity index (χ1) is 18.4. The number of amides is 1. The minimum Gasteiger partial charge on any atom is -0.435 e. The Morgan fingerprint density at radius 3 is 2.54 bits per heavy atom. The number of hydrogen-bond donors (Lipinski definition) is 2. The summed E-state index contributed by atoms with van der Waals surface area (Å²) >= 11 is 0. The van der Waals surface area contributed by atoms with Gasteiger partial charge in [0.2, 0.25) is 0 Å². The van der Waals surface area contributed by atoms with Crippen LogP contribution >= 0.6 is 0 Å². The molecular formula is C28H30F2N6O3. The minimum atomic E-state index is -3.02. The van der Waals surface area contributed by atoms with Gasteiger partial charge in [-0.05, 0) is 70.0 Å². The SMILES string of the molecule is CC(C)N1C(=O)/C(N)=C/C=C\C(OC(F)F)=C\[C@H]2C[C@@H]1c1nc3ccc(-c4cnc(C(C)(C)O)nc4)cc3n12. The van der Waals surface area contributed by atoms with Crippen LogP contribution in [-0.2, 0) is 15.1 Å². The first-order valence-electron chi connectivity index (χ1n) is 12.6. The van der Waals surface area contributed by atoms with Gasteiger partial charge in [0.1, 0.15) is 17.2 Å². The Morgan fingerprint density at radius 1 is 1.18 bits per heavy atom. The molecule has 1 aromatic carbocycles. The Hall–Kier alpha value is -4.12. The van der Waals surface area contributed by atoms with Crippen molar-refractivity contribution in [1.29, 1.82) is 0 Å². The zero-order valence-electron chi connectivity index (χ0n) is 22.0. The van der Waals surface area contributed by atoms with Gasteiger partial charge in [0.25, 0.3) is 5.91 Å². The van der Waals surface area contributed by atoms with Crippen LogP contribution in [-0.4, -0.2) is 48.1 Å². The van der Waals surface area contributed by atoms with Crippen molar-refractivity contribution in [2.45, 2.75) is 64.5 Å². The number of carbonyl (C=O) groups excluding carboxylic acids is 1. The Kier molecular flexibility index (Phi) is 6.71. The molecule has 0 unspecified atom stereocenters. The molecule has 11 heteroatoms. The quantitative estimate of drug-likeness (QED) is 0.494. The summed E-state index contributed by atoms with van der Waals surface area (Å²) in [5, 5.41) is 10.2. The van der Waals surface area contributed by atoms with Crippen LogP contribution in [0.3, 0.4) is 0 Å². The second-order valence-electron chi connectivity index (χ2n) is 10.5. The lowest BCUT2D eigenvalue weighted by Crippen LogP contribution is -2.42. The number of nitrogens with two attached hydrogens (primary N) is 1. The molecule has 9 nitrogen and oxygen atoms in total. The predicted molar refractivity (Wildman–Crippen MR) is 141 cm³/mol. The van der Waals surface area contributed by atoms with Crippen molar-refractivity contribution < 1.29 is 23.4 Å². The highest BCUT2D eigenvalue weighted by Gasteiger charge is 2.40. The van der Waals surface area contributed by atoms with Crippen molar-refractivity contribution in [3.63, 3.8) is 0 Å². The van der Waals surface area contributed by atoms with Crippen molar-refractivity contribution >= 4 is 16.9 Å². The van der Waals surface area contributed by atoms with Gasteiger partial charge < -0.3 is 25.0 Å². The Bertz CT molecular complexity index is 1500. The van der Waals surface area contributed by atoms with Crippen LogP contribution in [0.15, 0.2) is 66.4 Å². The second kappa shape index (κ2) is 9.88. The first kappa shape index (κ1) is 26.5. The van der Waals surface area contributed by atoms with Crippen molar-refractivity contribution in [1.82, 2.24) is 24.4 Å². The van der Waals surface area contributed by atoms with E-state index in [1.807, 2.05) is 36.6 Å². The molecule has 3 N–H and O–H groups in total. The minimum absolute atomic E-state index is 0.0128. The monoisotopic (exact) mass is 536 g/mol. The van der Waals surface area contributed by atoms with E-state index in [0.717, 1.165) is 16.6 Å². The summed E-state index contributed by atoms with van der Waals surface area (Å²) < 4.78 is 33.2. The summed E-state index contributed by atoms with van der Waals surface area (Å²) in [6.45, 7) is 4.01. The van der Waals surface area contributed by atoms with E-state index in [9.17, 15) is 18.7 Å². The van der Waals surface area contributed by atoms with Gasteiger partial charge in [0.15, 0.2) is 5.82 Å². The molecular weight excluding hydrogens is 506 g/mol. The third kappa shape index (κ3) is 5.01. The fourth-order valence-electron chi connectivity index (χ4n) is 5.12. The second-order valence-corrected chi connectivity index (χ2v) is 10.5. The van der Waals surface area contributed by atoms with Gasteiger partial charge in [-0.3, -0.25) is 4.79 Å². The van der Waals surface area contributed by atoms with Crippen molar-refractivity contribution in [3.8, 4) is 11.1 Å². The van der Waals surface area contributed by atoms with Crippen LogP contribution in [0.4, 0.5) is 8.78 Å². The number of allylic oxidation sites excluding steroid dienone is 4. The van der Waals surface area contributed by atoms with E-state index in [4.69, 9.17) is 15.5 Å². The molecule has 2 aliphatic rings. The van der Waals surface area contributed by atoms with Crippen molar-refractivity contribution in [2.75, 3.05) is 0 Å². The molecule has 2 aliphatic heterocycles. The molecule has 2 aromatic heterocycles. The maximum absolute atomic E-state index is 13.4. The maximum Gasteiger partial charge on any atom is 0.387 e. The van der Waals surface area contributed by atoms with Crippen LogP contribution in [0.25, 0.3) is 22.2 Å². The number of ether oxygens (including phenoxy) is 1. The van der Waals surface area contributed by atoms with Crippen LogP contribution in [0.5, 0.6) is 0 Å². The summed E-state index contributed by atoms with van der Waals surface area (Å²) in [4.78, 5) is 28.6. The van der Waals surface area contributed by atoms with Gasteiger partial charge in [-0.1, -0.05) is 12.1 Å². The number of fused-ring (bicyclic) bond motifs is 7. The average molecular weight is 537 g/mol. The van der Waals surface area contributed by atoms with E-state index in [1.54, 1.807) is 37.2 Å². The smallest absolute Gasteiger partial charge is 0.387 e. The molecule has 0 radical (unpaired) electrons. The highest BCUT2D eigenvalue weighted by atomic mass is 19.3. The summed E-state index contributed by atoms with van der Waals surface area (Å²) in [5.41, 5.74) is 7.91. The van der Waals surface area contributed by atoms with Gasteiger partial charge >= 0.3 is 6.61 Å². The van der Waals surface area contributed by atoms with Crippen LogP contribution in [0.2, 0.25) is 0 Å². The molecule has 39 heavy (non-hydrogen) atoms. The van der Waals surface area contributed by atoms with Crippen LogP contribution < -0.4 is 5.73 Å². The number of imidazole rings is 1. The van der Waals surface area contributed by atoms with Gasteiger partial charge in [0, 0.05) is 24.0 Å². The lowest BCUT2D eigenvalue weighted by atomic mass is 10.1. The molecule has 2 atom stereocenters. The molecule has 0 aliphatic carbocycles. The number of aromatic nitrogens is 4. The molecule has 0 saturated heterocycles. The van der Waals surface area contributed by atoms with Crippen LogP contribution in [0, 0.1) is 0 Å². The van der Waals surface area contributed by atoms with Gasteiger partial charge in [-0.15, -0.1) is 0 Å².